The minimum atomic E-state index is -3.45. The fraction of sp³-hybridized carbons (Fsp3) is 0.381. The van der Waals surface area contributed by atoms with Crippen molar-refractivity contribution < 1.29 is 13.2 Å². The first-order valence-electron chi connectivity index (χ1n) is 9.18. The molecule has 0 spiro atoms. The van der Waals surface area contributed by atoms with E-state index in [4.69, 9.17) is 0 Å². The lowest BCUT2D eigenvalue weighted by atomic mass is 10.1. The summed E-state index contributed by atoms with van der Waals surface area (Å²) in [6.07, 6.45) is 2.69. The third-order valence-corrected chi connectivity index (χ3v) is 6.28. The summed E-state index contributed by atoms with van der Waals surface area (Å²) in [5.74, 6) is -0.0127. The highest BCUT2D eigenvalue weighted by Crippen LogP contribution is 2.16. The highest BCUT2D eigenvalue weighted by molar-refractivity contribution is 7.89. The third-order valence-electron chi connectivity index (χ3n) is 4.41. The molecule has 0 aromatic heterocycles. The predicted molar refractivity (Wildman–Crippen MR) is 109 cm³/mol. The number of hydrogen-bond donors (Lipinski definition) is 1. The van der Waals surface area contributed by atoms with Gasteiger partial charge in [-0.3, -0.25) is 4.79 Å². The number of nitrogens with zero attached hydrogens (tertiary/aromatic N) is 1. The number of carbonyl (C=O) groups is 1. The fourth-order valence-electron chi connectivity index (χ4n) is 2.75. The van der Waals surface area contributed by atoms with E-state index in [0.717, 1.165) is 36.1 Å². The summed E-state index contributed by atoms with van der Waals surface area (Å²) in [6, 6.07) is 14.6. The molecular formula is C21H28N2O3S. The van der Waals surface area contributed by atoms with Crippen molar-refractivity contribution in [3.63, 3.8) is 0 Å². The smallest absolute Gasteiger partial charge is 0.242 e. The molecule has 0 aliphatic rings. The standard InChI is InChI=1S/C21H28N2O3S/c1-17-11-13-20(14-12-17)27(25,26)23(3)15-6-4-5-10-21(24)22-19-9-7-8-18(2)16-19/h7-9,11-14,16H,4-6,10,15H2,1-3H3,(H,22,24). The van der Waals surface area contributed by atoms with Crippen LogP contribution in [0.1, 0.15) is 36.8 Å². The van der Waals surface area contributed by atoms with Gasteiger partial charge in [0.25, 0.3) is 0 Å². The number of unbranched alkanes of at least 4 members (excludes halogenated alkanes) is 2. The summed E-state index contributed by atoms with van der Waals surface area (Å²) in [7, 11) is -1.85. The van der Waals surface area contributed by atoms with E-state index >= 15 is 0 Å². The number of aryl methyl sites for hydroxylation is 2. The van der Waals surface area contributed by atoms with Crippen LogP contribution in [0.5, 0.6) is 0 Å². The number of carbonyl (C=O) groups excluding carboxylic acids is 1. The molecule has 0 aliphatic carbocycles. The second-order valence-corrected chi connectivity index (χ2v) is 8.91. The molecule has 0 fully saturated rings. The second-order valence-electron chi connectivity index (χ2n) is 6.87. The zero-order valence-corrected chi connectivity index (χ0v) is 17.1. The summed E-state index contributed by atoms with van der Waals surface area (Å²) < 4.78 is 26.4. The molecule has 0 radical (unpaired) electrons. The average Bonchev–Trinajstić information content (AvgIpc) is 2.61. The normalized spacial score (nSPS) is 11.6. The Morgan fingerprint density at radius 1 is 0.963 bits per heavy atom. The largest absolute Gasteiger partial charge is 0.326 e. The van der Waals surface area contributed by atoms with Crippen LogP contribution in [0.2, 0.25) is 0 Å². The zero-order valence-electron chi connectivity index (χ0n) is 16.2. The molecule has 1 N–H and O–H groups in total. The lowest BCUT2D eigenvalue weighted by Gasteiger charge is -2.17. The molecule has 27 heavy (non-hydrogen) atoms. The van der Waals surface area contributed by atoms with E-state index in [1.54, 1.807) is 31.3 Å². The Bertz CT molecular complexity index is 861. The maximum atomic E-state index is 12.5. The molecule has 2 aromatic rings. The van der Waals surface area contributed by atoms with E-state index in [2.05, 4.69) is 5.32 Å². The Balaban J connectivity index is 1.71. The van der Waals surface area contributed by atoms with Crippen LogP contribution in [-0.2, 0) is 14.8 Å². The predicted octanol–water partition coefficient (Wildman–Crippen LogP) is 4.12. The van der Waals surface area contributed by atoms with Gasteiger partial charge in [0.05, 0.1) is 4.90 Å². The third kappa shape index (κ3) is 6.48. The van der Waals surface area contributed by atoms with Crippen LogP contribution < -0.4 is 5.32 Å². The zero-order chi connectivity index (χ0) is 19.9. The highest BCUT2D eigenvalue weighted by atomic mass is 32.2. The van der Waals surface area contributed by atoms with Crippen LogP contribution in [0.15, 0.2) is 53.4 Å². The monoisotopic (exact) mass is 388 g/mol. The van der Waals surface area contributed by atoms with Crippen LogP contribution in [0.3, 0.4) is 0 Å². The number of hydrogen-bond acceptors (Lipinski definition) is 3. The van der Waals surface area contributed by atoms with Gasteiger partial charge < -0.3 is 5.32 Å². The molecule has 1 amide bonds. The Labute approximate surface area is 162 Å². The van der Waals surface area contributed by atoms with Crippen LogP contribution in [-0.4, -0.2) is 32.2 Å². The summed E-state index contributed by atoms with van der Waals surface area (Å²) in [5, 5.41) is 2.89. The van der Waals surface area contributed by atoms with E-state index in [1.807, 2.05) is 38.1 Å². The van der Waals surface area contributed by atoms with Gasteiger partial charge in [-0.05, 0) is 56.5 Å². The Kier molecular flexibility index (Phi) is 7.56. The van der Waals surface area contributed by atoms with E-state index < -0.39 is 10.0 Å². The van der Waals surface area contributed by atoms with Crippen LogP contribution >= 0.6 is 0 Å². The molecule has 0 unspecified atom stereocenters. The first kappa shape index (κ1) is 21.1. The molecular weight excluding hydrogens is 360 g/mol. The van der Waals surface area contributed by atoms with Crippen LogP contribution in [0.25, 0.3) is 0 Å². The van der Waals surface area contributed by atoms with Crippen molar-refractivity contribution in [2.24, 2.45) is 0 Å². The SMILES string of the molecule is Cc1ccc(S(=O)(=O)N(C)CCCCCC(=O)Nc2cccc(C)c2)cc1. The van der Waals surface area contributed by atoms with Crippen molar-refractivity contribution in [3.8, 4) is 0 Å². The van der Waals surface area contributed by atoms with Gasteiger partial charge in [-0.25, -0.2) is 12.7 Å². The topological polar surface area (TPSA) is 66.5 Å². The molecule has 0 atom stereocenters. The number of sulfonamides is 1. The molecule has 0 saturated heterocycles. The minimum Gasteiger partial charge on any atom is -0.326 e. The Hall–Kier alpha value is -2.18. The molecule has 2 aromatic carbocycles. The highest BCUT2D eigenvalue weighted by Gasteiger charge is 2.19. The fourth-order valence-corrected chi connectivity index (χ4v) is 3.96. The van der Waals surface area contributed by atoms with Gasteiger partial charge in [0.15, 0.2) is 0 Å². The van der Waals surface area contributed by atoms with Gasteiger partial charge in [-0.15, -0.1) is 0 Å². The Morgan fingerprint density at radius 2 is 1.67 bits per heavy atom. The van der Waals surface area contributed by atoms with Gasteiger partial charge in [-0.2, -0.15) is 0 Å². The van der Waals surface area contributed by atoms with Crippen molar-refractivity contribution in [1.29, 1.82) is 0 Å². The number of benzene rings is 2. The second kappa shape index (κ2) is 9.67. The minimum absolute atomic E-state index is 0.0127. The van der Waals surface area contributed by atoms with Crippen molar-refractivity contribution >= 4 is 21.6 Å². The first-order valence-corrected chi connectivity index (χ1v) is 10.6. The summed E-state index contributed by atoms with van der Waals surface area (Å²) >= 11 is 0. The molecule has 0 saturated carbocycles. The van der Waals surface area contributed by atoms with Crippen LogP contribution in [0.4, 0.5) is 5.69 Å². The van der Waals surface area contributed by atoms with Crippen LogP contribution in [0, 0.1) is 13.8 Å². The lowest BCUT2D eigenvalue weighted by Crippen LogP contribution is -2.28. The molecule has 0 bridgehead atoms. The molecule has 0 heterocycles. The molecule has 5 nitrogen and oxygen atoms in total. The number of amides is 1. The number of nitrogens with one attached hydrogen (secondary N) is 1. The number of rotatable bonds is 9. The van der Waals surface area contributed by atoms with Crippen molar-refractivity contribution in [3.05, 3.63) is 59.7 Å². The lowest BCUT2D eigenvalue weighted by molar-refractivity contribution is -0.116. The summed E-state index contributed by atoms with van der Waals surface area (Å²) in [6.45, 7) is 4.35. The van der Waals surface area contributed by atoms with Gasteiger partial charge in [-0.1, -0.05) is 36.2 Å². The Morgan fingerprint density at radius 3 is 2.33 bits per heavy atom. The quantitative estimate of drug-likeness (QED) is 0.657. The first-order chi connectivity index (χ1) is 12.8. The maximum Gasteiger partial charge on any atom is 0.242 e. The molecule has 6 heteroatoms. The van der Waals surface area contributed by atoms with E-state index in [9.17, 15) is 13.2 Å². The van der Waals surface area contributed by atoms with Crippen molar-refractivity contribution in [2.75, 3.05) is 18.9 Å². The summed E-state index contributed by atoms with van der Waals surface area (Å²) in [5.41, 5.74) is 2.94. The van der Waals surface area contributed by atoms with E-state index in [-0.39, 0.29) is 5.91 Å². The average molecular weight is 389 g/mol. The molecule has 0 aliphatic heterocycles. The van der Waals surface area contributed by atoms with Crippen molar-refractivity contribution in [2.45, 2.75) is 44.4 Å². The number of anilines is 1. The van der Waals surface area contributed by atoms with E-state index in [1.165, 1.54) is 4.31 Å². The molecule has 146 valence electrons. The van der Waals surface area contributed by atoms with Gasteiger partial charge in [0.1, 0.15) is 0 Å². The van der Waals surface area contributed by atoms with Gasteiger partial charge in [0.2, 0.25) is 15.9 Å². The van der Waals surface area contributed by atoms with Crippen molar-refractivity contribution in [1.82, 2.24) is 4.31 Å². The van der Waals surface area contributed by atoms with Gasteiger partial charge >= 0.3 is 0 Å². The van der Waals surface area contributed by atoms with Gasteiger partial charge in [0, 0.05) is 25.7 Å². The van der Waals surface area contributed by atoms with E-state index in [0.29, 0.717) is 17.9 Å². The summed E-state index contributed by atoms with van der Waals surface area (Å²) in [4.78, 5) is 12.3. The maximum absolute atomic E-state index is 12.5. The molecule has 2 rings (SSSR count).